The monoisotopic (exact) mass is 272 g/mol. The van der Waals surface area contributed by atoms with E-state index in [0.717, 1.165) is 11.8 Å². The molecule has 0 heterocycles. The van der Waals surface area contributed by atoms with Crippen LogP contribution < -0.4 is 0 Å². The van der Waals surface area contributed by atoms with Crippen LogP contribution in [0.2, 0.25) is 0 Å². The van der Waals surface area contributed by atoms with Crippen LogP contribution in [0.1, 0.15) is 77.8 Å². The van der Waals surface area contributed by atoms with Gasteiger partial charge in [-0.3, -0.25) is 0 Å². The summed E-state index contributed by atoms with van der Waals surface area (Å²) >= 11 is 0. The van der Waals surface area contributed by atoms with Crippen LogP contribution in [0.4, 0.5) is 0 Å². The highest BCUT2D eigenvalue weighted by molar-refractivity contribution is 5.33. The van der Waals surface area contributed by atoms with Crippen molar-refractivity contribution in [2.45, 2.75) is 73.1 Å². The van der Waals surface area contributed by atoms with Gasteiger partial charge in [0.05, 0.1) is 0 Å². The quantitative estimate of drug-likeness (QED) is 0.601. The molecule has 1 aliphatic rings. The van der Waals surface area contributed by atoms with Crippen molar-refractivity contribution in [3.63, 3.8) is 0 Å². The third-order valence-electron chi connectivity index (χ3n) is 4.85. The van der Waals surface area contributed by atoms with Crippen LogP contribution in [0.3, 0.4) is 0 Å². The zero-order valence-electron chi connectivity index (χ0n) is 14.3. The van der Waals surface area contributed by atoms with E-state index in [1.54, 1.807) is 11.1 Å². The molecule has 0 N–H and O–H groups in total. The minimum atomic E-state index is 0.377. The van der Waals surface area contributed by atoms with Crippen LogP contribution in [-0.4, -0.2) is 0 Å². The summed E-state index contributed by atoms with van der Waals surface area (Å²) in [5, 5.41) is 0. The summed E-state index contributed by atoms with van der Waals surface area (Å²) in [6.45, 7) is 14.5. The number of rotatable bonds is 2. The molecule has 2 unspecified atom stereocenters. The maximum atomic E-state index is 2.43. The Labute approximate surface area is 126 Å². The molecule has 0 spiro atoms. The normalized spacial score (nSPS) is 21.4. The van der Waals surface area contributed by atoms with E-state index >= 15 is 0 Å². The maximum absolute atomic E-state index is 2.43. The molecule has 0 aromatic heterocycles. The van der Waals surface area contributed by atoms with Gasteiger partial charge in [0, 0.05) is 0 Å². The second kappa shape index (κ2) is 5.54. The van der Waals surface area contributed by atoms with E-state index < -0.39 is 0 Å². The first kappa shape index (κ1) is 15.6. The van der Waals surface area contributed by atoms with Crippen molar-refractivity contribution in [1.82, 2.24) is 0 Å². The highest BCUT2D eigenvalue weighted by Crippen LogP contribution is 2.48. The van der Waals surface area contributed by atoms with Gasteiger partial charge in [-0.1, -0.05) is 65.8 Å². The van der Waals surface area contributed by atoms with Crippen LogP contribution in [0, 0.1) is 16.7 Å². The lowest BCUT2D eigenvalue weighted by Gasteiger charge is -2.43. The molecule has 1 aliphatic carbocycles. The Balaban J connectivity index is 2.36. The Bertz CT molecular complexity index is 442. The molecular weight excluding hydrogens is 240 g/mol. The van der Waals surface area contributed by atoms with E-state index in [0.29, 0.717) is 10.8 Å². The van der Waals surface area contributed by atoms with Crippen LogP contribution in [0.15, 0.2) is 24.3 Å². The van der Waals surface area contributed by atoms with Crippen LogP contribution in [0.5, 0.6) is 0 Å². The van der Waals surface area contributed by atoms with Crippen LogP contribution in [0.25, 0.3) is 0 Å². The predicted molar refractivity (Wildman–Crippen MR) is 89.1 cm³/mol. The van der Waals surface area contributed by atoms with Gasteiger partial charge >= 0.3 is 0 Å². The largest absolute Gasteiger partial charge is 0.0620 e. The van der Waals surface area contributed by atoms with Gasteiger partial charge in [-0.05, 0) is 59.5 Å². The van der Waals surface area contributed by atoms with Gasteiger partial charge in [0.2, 0.25) is 0 Å². The molecular formula is C20H32. The standard InChI is InChI=1S/C20H32/c1-19(2,3)14-18(20(4,5)6)17-13-9-11-15-10-7-8-12-16(15)17/h7-8,10,12,17-18H,9,11,13-14H2,1-6H3. The fourth-order valence-corrected chi connectivity index (χ4v) is 3.92. The van der Waals surface area contributed by atoms with Crippen LogP contribution in [-0.2, 0) is 6.42 Å². The fourth-order valence-electron chi connectivity index (χ4n) is 3.92. The molecule has 0 saturated heterocycles. The van der Waals surface area contributed by atoms with Crippen LogP contribution >= 0.6 is 0 Å². The Hall–Kier alpha value is -0.780. The zero-order chi connectivity index (χ0) is 15.0. The van der Waals surface area contributed by atoms with Crippen molar-refractivity contribution in [1.29, 1.82) is 0 Å². The number of hydrogen-bond donors (Lipinski definition) is 0. The van der Waals surface area contributed by atoms with E-state index in [9.17, 15) is 0 Å². The van der Waals surface area contributed by atoms with Gasteiger partial charge in [0.25, 0.3) is 0 Å². The molecule has 0 heteroatoms. The Morgan fingerprint density at radius 2 is 1.70 bits per heavy atom. The number of fused-ring (bicyclic) bond motifs is 1. The summed E-state index contributed by atoms with van der Waals surface area (Å²) in [5.74, 6) is 1.52. The Kier molecular flexibility index (Phi) is 4.33. The summed E-state index contributed by atoms with van der Waals surface area (Å²) < 4.78 is 0. The van der Waals surface area contributed by atoms with Crippen molar-refractivity contribution < 1.29 is 0 Å². The minimum Gasteiger partial charge on any atom is -0.0620 e. The number of hydrogen-bond acceptors (Lipinski definition) is 0. The molecule has 0 fully saturated rings. The SMILES string of the molecule is CC(C)(C)CC(C1CCCc2ccccc21)C(C)(C)C. The first-order chi connectivity index (χ1) is 9.18. The Morgan fingerprint density at radius 3 is 2.30 bits per heavy atom. The third-order valence-corrected chi connectivity index (χ3v) is 4.85. The predicted octanol–water partition coefficient (Wildman–Crippen LogP) is 6.21. The van der Waals surface area contributed by atoms with Gasteiger partial charge in [0.1, 0.15) is 0 Å². The molecule has 0 bridgehead atoms. The van der Waals surface area contributed by atoms with Crippen molar-refractivity contribution >= 4 is 0 Å². The zero-order valence-corrected chi connectivity index (χ0v) is 14.3. The van der Waals surface area contributed by atoms with Crippen molar-refractivity contribution in [2.24, 2.45) is 16.7 Å². The fraction of sp³-hybridized carbons (Fsp3) is 0.700. The van der Waals surface area contributed by atoms with Gasteiger partial charge in [-0.25, -0.2) is 0 Å². The first-order valence-corrected chi connectivity index (χ1v) is 8.26. The molecule has 2 atom stereocenters. The van der Waals surface area contributed by atoms with E-state index in [4.69, 9.17) is 0 Å². The molecule has 0 nitrogen and oxygen atoms in total. The molecule has 0 amide bonds. The molecule has 0 aliphatic heterocycles. The second-order valence-corrected chi connectivity index (χ2v) is 8.93. The van der Waals surface area contributed by atoms with Gasteiger partial charge in [-0.2, -0.15) is 0 Å². The molecule has 1 aromatic rings. The lowest BCUT2D eigenvalue weighted by atomic mass is 9.62. The molecule has 0 saturated carbocycles. The van der Waals surface area contributed by atoms with Gasteiger partial charge in [0.15, 0.2) is 0 Å². The van der Waals surface area contributed by atoms with E-state index in [1.165, 1.54) is 25.7 Å². The third kappa shape index (κ3) is 3.65. The van der Waals surface area contributed by atoms with Gasteiger partial charge < -0.3 is 0 Å². The van der Waals surface area contributed by atoms with Crippen molar-refractivity contribution in [2.75, 3.05) is 0 Å². The molecule has 2 rings (SSSR count). The summed E-state index contributed by atoms with van der Waals surface area (Å²) in [5.41, 5.74) is 4.03. The van der Waals surface area contributed by atoms with Crippen molar-refractivity contribution in [3.8, 4) is 0 Å². The minimum absolute atomic E-state index is 0.377. The maximum Gasteiger partial charge on any atom is -0.0126 e. The van der Waals surface area contributed by atoms with Crippen molar-refractivity contribution in [3.05, 3.63) is 35.4 Å². The smallest absolute Gasteiger partial charge is 0.0126 e. The van der Waals surface area contributed by atoms with E-state index in [-0.39, 0.29) is 0 Å². The highest BCUT2D eigenvalue weighted by atomic mass is 14.4. The molecule has 20 heavy (non-hydrogen) atoms. The lowest BCUT2D eigenvalue weighted by Crippen LogP contribution is -2.32. The number of aryl methyl sites for hydroxylation is 1. The van der Waals surface area contributed by atoms with E-state index in [1.807, 2.05) is 0 Å². The summed E-state index contributed by atoms with van der Waals surface area (Å²) in [7, 11) is 0. The van der Waals surface area contributed by atoms with Gasteiger partial charge in [-0.15, -0.1) is 0 Å². The summed E-state index contributed by atoms with van der Waals surface area (Å²) in [4.78, 5) is 0. The lowest BCUT2D eigenvalue weighted by molar-refractivity contribution is 0.127. The first-order valence-electron chi connectivity index (χ1n) is 8.26. The highest BCUT2D eigenvalue weighted by Gasteiger charge is 2.37. The molecule has 0 radical (unpaired) electrons. The Morgan fingerprint density at radius 1 is 1.05 bits per heavy atom. The number of benzene rings is 1. The molecule has 1 aromatic carbocycles. The van der Waals surface area contributed by atoms with E-state index in [2.05, 4.69) is 65.8 Å². The topological polar surface area (TPSA) is 0 Å². The second-order valence-electron chi connectivity index (χ2n) is 8.93. The summed E-state index contributed by atoms with van der Waals surface area (Å²) in [6, 6.07) is 9.17. The molecule has 112 valence electrons. The average Bonchev–Trinajstić information content (AvgIpc) is 2.33. The average molecular weight is 272 g/mol. The summed E-state index contributed by atoms with van der Waals surface area (Å²) in [6.07, 6.45) is 5.32.